The first-order valence-electron chi connectivity index (χ1n) is 7.61. The van der Waals surface area contributed by atoms with E-state index in [0.29, 0.717) is 11.3 Å². The summed E-state index contributed by atoms with van der Waals surface area (Å²) in [4.78, 5) is 16.3. The molecule has 1 N–H and O–H groups in total. The van der Waals surface area contributed by atoms with Crippen molar-refractivity contribution in [2.24, 2.45) is 0 Å². The molecule has 118 valence electrons. The summed E-state index contributed by atoms with van der Waals surface area (Å²) >= 11 is 0. The summed E-state index contributed by atoms with van der Waals surface area (Å²) in [5, 5.41) is 9.63. The standard InChI is InChI=1S/C19H20N2O2/c1-12-6-5-11-21-16(18(22)23)15(20-17(12)21)13-7-9-14(10-8-13)19(2,3)4/h5-11H,1-4H3,(H,22,23). The van der Waals surface area contributed by atoms with Crippen molar-refractivity contribution in [2.75, 3.05) is 0 Å². The Morgan fingerprint density at radius 1 is 1.13 bits per heavy atom. The fourth-order valence-electron chi connectivity index (χ4n) is 2.74. The molecule has 0 bridgehead atoms. The highest BCUT2D eigenvalue weighted by Gasteiger charge is 2.21. The first-order valence-corrected chi connectivity index (χ1v) is 7.61. The fourth-order valence-corrected chi connectivity index (χ4v) is 2.74. The van der Waals surface area contributed by atoms with Gasteiger partial charge in [0, 0.05) is 11.8 Å². The molecule has 1 aromatic carbocycles. The van der Waals surface area contributed by atoms with Gasteiger partial charge in [0.15, 0.2) is 5.69 Å². The third kappa shape index (κ3) is 2.61. The van der Waals surface area contributed by atoms with E-state index >= 15 is 0 Å². The molecule has 4 nitrogen and oxygen atoms in total. The highest BCUT2D eigenvalue weighted by Crippen LogP contribution is 2.29. The minimum Gasteiger partial charge on any atom is -0.476 e. The van der Waals surface area contributed by atoms with Gasteiger partial charge in [0.1, 0.15) is 11.3 Å². The van der Waals surface area contributed by atoms with Crippen molar-refractivity contribution in [3.63, 3.8) is 0 Å². The van der Waals surface area contributed by atoms with Gasteiger partial charge in [0.05, 0.1) is 0 Å². The zero-order valence-corrected chi connectivity index (χ0v) is 13.8. The number of aromatic carboxylic acids is 1. The molecule has 2 aromatic heterocycles. The van der Waals surface area contributed by atoms with Crippen molar-refractivity contribution in [3.8, 4) is 11.3 Å². The van der Waals surface area contributed by atoms with Crippen LogP contribution in [-0.4, -0.2) is 20.5 Å². The van der Waals surface area contributed by atoms with Crippen molar-refractivity contribution in [1.82, 2.24) is 9.38 Å². The average molecular weight is 308 g/mol. The minimum absolute atomic E-state index is 0.0592. The molecule has 2 heterocycles. The van der Waals surface area contributed by atoms with Crippen LogP contribution < -0.4 is 0 Å². The molecule has 3 rings (SSSR count). The third-order valence-electron chi connectivity index (χ3n) is 4.07. The Bertz CT molecular complexity index is 884. The van der Waals surface area contributed by atoms with E-state index in [1.54, 1.807) is 10.6 Å². The molecule has 3 aromatic rings. The number of nitrogens with zero attached hydrogens (tertiary/aromatic N) is 2. The van der Waals surface area contributed by atoms with E-state index in [-0.39, 0.29) is 11.1 Å². The van der Waals surface area contributed by atoms with Crippen molar-refractivity contribution in [1.29, 1.82) is 0 Å². The number of carboxylic acid groups (broad SMARTS) is 1. The molecule has 0 aliphatic rings. The maximum atomic E-state index is 11.7. The van der Waals surface area contributed by atoms with Crippen molar-refractivity contribution in [2.45, 2.75) is 33.1 Å². The van der Waals surface area contributed by atoms with E-state index in [1.807, 2.05) is 43.3 Å². The van der Waals surface area contributed by atoms with Gasteiger partial charge >= 0.3 is 5.97 Å². The van der Waals surface area contributed by atoms with E-state index < -0.39 is 5.97 Å². The van der Waals surface area contributed by atoms with E-state index in [0.717, 1.165) is 11.1 Å². The lowest BCUT2D eigenvalue weighted by molar-refractivity contribution is 0.0690. The second kappa shape index (κ2) is 5.23. The van der Waals surface area contributed by atoms with Crippen LogP contribution in [0, 0.1) is 6.92 Å². The van der Waals surface area contributed by atoms with Crippen LogP contribution in [-0.2, 0) is 5.41 Å². The fraction of sp³-hybridized carbons (Fsp3) is 0.263. The van der Waals surface area contributed by atoms with Crippen LogP contribution in [0.5, 0.6) is 0 Å². The molecule has 0 saturated carbocycles. The maximum absolute atomic E-state index is 11.7. The lowest BCUT2D eigenvalue weighted by Gasteiger charge is -2.19. The maximum Gasteiger partial charge on any atom is 0.355 e. The van der Waals surface area contributed by atoms with Gasteiger partial charge in [-0.05, 0) is 29.5 Å². The predicted molar refractivity (Wildman–Crippen MR) is 91.0 cm³/mol. The molecule has 4 heteroatoms. The first-order chi connectivity index (χ1) is 10.8. The highest BCUT2D eigenvalue weighted by atomic mass is 16.4. The van der Waals surface area contributed by atoms with E-state index in [9.17, 15) is 9.90 Å². The van der Waals surface area contributed by atoms with Gasteiger partial charge in [-0.1, -0.05) is 51.1 Å². The second-order valence-electron chi connectivity index (χ2n) is 6.83. The molecule has 0 radical (unpaired) electrons. The molecule has 0 amide bonds. The van der Waals surface area contributed by atoms with Crippen LogP contribution >= 0.6 is 0 Å². The topological polar surface area (TPSA) is 54.6 Å². The number of rotatable bonds is 2. The summed E-state index contributed by atoms with van der Waals surface area (Å²) in [5.41, 5.74) is 4.42. The Balaban J connectivity index is 2.22. The largest absolute Gasteiger partial charge is 0.476 e. The molecule has 0 aliphatic heterocycles. The van der Waals surface area contributed by atoms with Gasteiger partial charge in [0.25, 0.3) is 0 Å². The summed E-state index contributed by atoms with van der Waals surface area (Å²) in [7, 11) is 0. The van der Waals surface area contributed by atoms with Crippen LogP contribution in [0.2, 0.25) is 0 Å². The van der Waals surface area contributed by atoms with Crippen LogP contribution in [0.15, 0.2) is 42.6 Å². The van der Waals surface area contributed by atoms with E-state index in [4.69, 9.17) is 0 Å². The zero-order valence-electron chi connectivity index (χ0n) is 13.8. The smallest absolute Gasteiger partial charge is 0.355 e. The highest BCUT2D eigenvalue weighted by molar-refractivity contribution is 5.95. The number of aromatic nitrogens is 2. The van der Waals surface area contributed by atoms with Crippen LogP contribution in [0.25, 0.3) is 16.9 Å². The summed E-state index contributed by atoms with van der Waals surface area (Å²) in [5.74, 6) is -0.974. The first kappa shape index (κ1) is 15.3. The van der Waals surface area contributed by atoms with Crippen LogP contribution in [0.1, 0.15) is 42.4 Å². The number of hydrogen-bond donors (Lipinski definition) is 1. The monoisotopic (exact) mass is 308 g/mol. The molecule has 0 saturated heterocycles. The van der Waals surface area contributed by atoms with Gasteiger partial charge in [-0.2, -0.15) is 0 Å². The lowest BCUT2D eigenvalue weighted by atomic mass is 9.86. The third-order valence-corrected chi connectivity index (χ3v) is 4.07. The number of fused-ring (bicyclic) bond motifs is 1. The molecule has 0 fully saturated rings. The predicted octanol–water partition coefficient (Wildman–Crippen LogP) is 4.31. The Labute approximate surface area is 135 Å². The molecular weight excluding hydrogens is 288 g/mol. The minimum atomic E-state index is -0.974. The Hall–Kier alpha value is -2.62. The quantitative estimate of drug-likeness (QED) is 0.767. The Morgan fingerprint density at radius 2 is 1.78 bits per heavy atom. The molecule has 0 unspecified atom stereocenters. The molecule has 23 heavy (non-hydrogen) atoms. The molecule has 0 aliphatic carbocycles. The second-order valence-corrected chi connectivity index (χ2v) is 6.83. The number of hydrogen-bond acceptors (Lipinski definition) is 2. The molecular formula is C19H20N2O2. The van der Waals surface area contributed by atoms with Gasteiger partial charge in [-0.15, -0.1) is 0 Å². The Kier molecular flexibility index (Phi) is 3.48. The van der Waals surface area contributed by atoms with Gasteiger partial charge < -0.3 is 5.11 Å². The number of benzene rings is 1. The molecule has 0 spiro atoms. The lowest BCUT2D eigenvalue weighted by Crippen LogP contribution is -2.10. The summed E-state index contributed by atoms with van der Waals surface area (Å²) < 4.78 is 1.64. The number of imidazole rings is 1. The SMILES string of the molecule is Cc1cccn2c(C(=O)O)c(-c3ccc(C(C)(C)C)cc3)nc12. The van der Waals surface area contributed by atoms with E-state index in [1.165, 1.54) is 5.56 Å². The molecule has 0 atom stereocenters. The van der Waals surface area contributed by atoms with Gasteiger partial charge in [-0.3, -0.25) is 4.40 Å². The van der Waals surface area contributed by atoms with Gasteiger partial charge in [0.2, 0.25) is 0 Å². The Morgan fingerprint density at radius 3 is 2.35 bits per heavy atom. The summed E-state index contributed by atoms with van der Waals surface area (Å²) in [6.07, 6.45) is 1.74. The summed E-state index contributed by atoms with van der Waals surface area (Å²) in [6.45, 7) is 8.39. The average Bonchev–Trinajstić information content (AvgIpc) is 2.87. The van der Waals surface area contributed by atoms with Crippen LogP contribution in [0.3, 0.4) is 0 Å². The summed E-state index contributed by atoms with van der Waals surface area (Å²) in [6, 6.07) is 11.7. The van der Waals surface area contributed by atoms with Crippen molar-refractivity contribution >= 4 is 11.6 Å². The van der Waals surface area contributed by atoms with Crippen LogP contribution in [0.4, 0.5) is 0 Å². The zero-order chi connectivity index (χ0) is 16.8. The number of carbonyl (C=O) groups is 1. The van der Waals surface area contributed by atoms with Crippen molar-refractivity contribution in [3.05, 3.63) is 59.4 Å². The normalized spacial score (nSPS) is 11.8. The van der Waals surface area contributed by atoms with Gasteiger partial charge in [-0.25, -0.2) is 9.78 Å². The van der Waals surface area contributed by atoms with Crippen molar-refractivity contribution < 1.29 is 9.90 Å². The number of aryl methyl sites for hydroxylation is 1. The van der Waals surface area contributed by atoms with E-state index in [2.05, 4.69) is 25.8 Å². The number of pyridine rings is 1. The number of carboxylic acids is 1.